The molecule has 1 aromatic carbocycles. The zero-order valence-corrected chi connectivity index (χ0v) is 19.9. The van der Waals surface area contributed by atoms with Crippen molar-refractivity contribution in [2.24, 2.45) is 5.92 Å². The van der Waals surface area contributed by atoms with E-state index in [-0.39, 0.29) is 23.4 Å². The van der Waals surface area contributed by atoms with Gasteiger partial charge in [-0.05, 0) is 69.0 Å². The van der Waals surface area contributed by atoms with Crippen molar-refractivity contribution in [1.82, 2.24) is 15.2 Å². The number of amides is 2. The maximum atomic E-state index is 13.3. The van der Waals surface area contributed by atoms with Gasteiger partial charge in [-0.1, -0.05) is 25.4 Å². The van der Waals surface area contributed by atoms with Crippen LogP contribution in [0.5, 0.6) is 0 Å². The van der Waals surface area contributed by atoms with Crippen molar-refractivity contribution in [3.05, 3.63) is 52.3 Å². The number of benzene rings is 1. The number of aryl methyl sites for hydroxylation is 1. The zero-order chi connectivity index (χ0) is 23.6. The maximum absolute atomic E-state index is 13.3. The van der Waals surface area contributed by atoms with Crippen LogP contribution in [0.4, 0.5) is 11.4 Å². The summed E-state index contributed by atoms with van der Waals surface area (Å²) in [5.41, 5.74) is 2.41. The summed E-state index contributed by atoms with van der Waals surface area (Å²) in [6.07, 6.45) is 0.524. The molecule has 2 heterocycles. The summed E-state index contributed by atoms with van der Waals surface area (Å²) >= 11 is 6.14. The third-order valence-corrected chi connectivity index (χ3v) is 5.97. The molecule has 0 aliphatic carbocycles. The maximum Gasteiger partial charge on any atom is 0.273 e. The number of hydrogen-bond donors (Lipinski definition) is 3. The average Bonchev–Trinajstić information content (AvgIpc) is 2.72. The lowest BCUT2D eigenvalue weighted by Gasteiger charge is -2.41. The minimum atomic E-state index is -0.972. The molecule has 0 bridgehead atoms. The van der Waals surface area contributed by atoms with Gasteiger partial charge in [0.25, 0.3) is 5.91 Å². The summed E-state index contributed by atoms with van der Waals surface area (Å²) in [7, 11) is 0. The summed E-state index contributed by atoms with van der Waals surface area (Å²) in [5, 5.41) is 15.4. The topological polar surface area (TPSA) is 98.2 Å². The molecule has 7 nitrogen and oxygen atoms in total. The first-order chi connectivity index (χ1) is 15.0. The lowest BCUT2D eigenvalue weighted by atomic mass is 9.98. The number of piperazine rings is 1. The first-order valence-corrected chi connectivity index (χ1v) is 11.1. The molecule has 1 saturated heterocycles. The molecule has 1 aliphatic rings. The number of aromatic nitrogens is 1. The van der Waals surface area contributed by atoms with Crippen molar-refractivity contribution >= 4 is 40.5 Å². The fourth-order valence-corrected chi connectivity index (χ4v) is 3.80. The Morgan fingerprint density at radius 1 is 1.31 bits per heavy atom. The lowest BCUT2D eigenvalue weighted by Crippen LogP contribution is -2.63. The van der Waals surface area contributed by atoms with E-state index in [1.54, 1.807) is 30.9 Å². The number of nitrogens with one attached hydrogen (secondary N) is 3. The Balaban J connectivity index is 1.98. The van der Waals surface area contributed by atoms with Gasteiger partial charge >= 0.3 is 0 Å². The van der Waals surface area contributed by atoms with Gasteiger partial charge in [-0.25, -0.2) is 4.98 Å². The quantitative estimate of drug-likeness (QED) is 0.556. The summed E-state index contributed by atoms with van der Waals surface area (Å²) in [6.45, 7) is 10.2. The van der Waals surface area contributed by atoms with Crippen LogP contribution in [0.15, 0.2) is 30.3 Å². The molecular weight excluding hydrogens is 426 g/mol. The van der Waals surface area contributed by atoms with Gasteiger partial charge in [0.05, 0.1) is 11.4 Å². The average molecular weight is 456 g/mol. The summed E-state index contributed by atoms with van der Waals surface area (Å²) in [6, 6.07) is 9.01. The first-order valence-electron chi connectivity index (χ1n) is 10.7. The highest BCUT2D eigenvalue weighted by atomic mass is 35.5. The number of pyridine rings is 1. The highest BCUT2D eigenvalue weighted by Gasteiger charge is 2.41. The van der Waals surface area contributed by atoms with Crippen LogP contribution in [-0.4, -0.2) is 46.0 Å². The van der Waals surface area contributed by atoms with Crippen LogP contribution in [0.1, 0.15) is 55.9 Å². The Morgan fingerprint density at radius 3 is 2.69 bits per heavy atom. The molecule has 3 rings (SSSR count). The van der Waals surface area contributed by atoms with Gasteiger partial charge in [-0.2, -0.15) is 0 Å². The smallest absolute Gasteiger partial charge is 0.273 e. The summed E-state index contributed by atoms with van der Waals surface area (Å²) in [5.74, 6) is -0.252. The predicted octanol–water partition coefficient (Wildman–Crippen LogP) is 4.55. The Bertz CT molecular complexity index is 1060. The van der Waals surface area contributed by atoms with Gasteiger partial charge in [0.2, 0.25) is 5.91 Å². The van der Waals surface area contributed by atoms with Gasteiger partial charge in [0, 0.05) is 23.8 Å². The van der Waals surface area contributed by atoms with E-state index in [0.29, 0.717) is 41.6 Å². The molecule has 1 aromatic heterocycles. The highest BCUT2D eigenvalue weighted by Crippen LogP contribution is 2.27. The molecule has 2 amide bonds. The third kappa shape index (κ3) is 4.93. The molecule has 3 N–H and O–H groups in total. The second-order valence-electron chi connectivity index (χ2n) is 9.03. The molecular formula is C24H30ClN5O2. The molecule has 0 unspecified atom stereocenters. The molecule has 0 radical (unpaired) electrons. The predicted molar refractivity (Wildman–Crippen MR) is 128 cm³/mol. The third-order valence-electron chi connectivity index (χ3n) is 5.55. The van der Waals surface area contributed by atoms with E-state index < -0.39 is 5.54 Å². The van der Waals surface area contributed by atoms with E-state index in [0.717, 1.165) is 11.3 Å². The largest absolute Gasteiger partial charge is 0.354 e. The fraction of sp³-hybridized carbons (Fsp3) is 0.417. The Hall–Kier alpha value is -2.93. The van der Waals surface area contributed by atoms with Crippen LogP contribution in [0.25, 0.3) is 0 Å². The minimum Gasteiger partial charge on any atom is -0.354 e. The lowest BCUT2D eigenvalue weighted by molar-refractivity contribution is -0.133. The van der Waals surface area contributed by atoms with E-state index in [9.17, 15) is 9.59 Å². The van der Waals surface area contributed by atoms with Gasteiger partial charge in [0.15, 0.2) is 0 Å². The van der Waals surface area contributed by atoms with Crippen molar-refractivity contribution in [3.8, 4) is 0 Å². The number of nitrogens with zero attached hydrogens (tertiary/aromatic N) is 2. The van der Waals surface area contributed by atoms with Crippen LogP contribution in [-0.2, 0) is 4.79 Å². The van der Waals surface area contributed by atoms with Gasteiger partial charge in [-0.3, -0.25) is 9.59 Å². The van der Waals surface area contributed by atoms with Crippen molar-refractivity contribution in [3.63, 3.8) is 0 Å². The van der Waals surface area contributed by atoms with E-state index >= 15 is 0 Å². The van der Waals surface area contributed by atoms with E-state index in [2.05, 4.69) is 15.6 Å². The highest BCUT2D eigenvalue weighted by molar-refractivity contribution is 6.31. The molecule has 0 atom stereocenters. The number of anilines is 2. The SMILES string of the molecule is Cc1cc(Nc2ccc(C(=O)N3CCNC(=O)C3(C)C)nc2C(=N)CC(C)C)ccc1Cl. The van der Waals surface area contributed by atoms with Crippen molar-refractivity contribution in [2.75, 3.05) is 18.4 Å². The summed E-state index contributed by atoms with van der Waals surface area (Å²) in [4.78, 5) is 31.7. The molecule has 2 aromatic rings. The van der Waals surface area contributed by atoms with Gasteiger partial charge < -0.3 is 20.9 Å². The van der Waals surface area contributed by atoms with Crippen LogP contribution in [0, 0.1) is 18.3 Å². The number of halogens is 1. The molecule has 1 aliphatic heterocycles. The zero-order valence-electron chi connectivity index (χ0n) is 19.2. The number of carbonyl (C=O) groups excluding carboxylic acids is 2. The van der Waals surface area contributed by atoms with Crippen LogP contribution in [0.2, 0.25) is 5.02 Å². The van der Waals surface area contributed by atoms with Crippen LogP contribution < -0.4 is 10.6 Å². The van der Waals surface area contributed by atoms with E-state index in [4.69, 9.17) is 17.0 Å². The van der Waals surface area contributed by atoms with Gasteiger partial charge in [0.1, 0.15) is 16.9 Å². The summed E-state index contributed by atoms with van der Waals surface area (Å²) < 4.78 is 0. The molecule has 32 heavy (non-hydrogen) atoms. The van der Waals surface area contributed by atoms with Crippen molar-refractivity contribution in [2.45, 2.75) is 46.6 Å². The van der Waals surface area contributed by atoms with Crippen LogP contribution in [0.3, 0.4) is 0 Å². The number of hydrogen-bond acceptors (Lipinski definition) is 5. The molecule has 170 valence electrons. The van der Waals surface area contributed by atoms with Gasteiger partial charge in [-0.15, -0.1) is 0 Å². The molecule has 1 fully saturated rings. The molecule has 8 heteroatoms. The second kappa shape index (κ2) is 9.28. The normalized spacial score (nSPS) is 15.5. The fourth-order valence-electron chi connectivity index (χ4n) is 3.69. The van der Waals surface area contributed by atoms with Crippen molar-refractivity contribution < 1.29 is 9.59 Å². The molecule has 0 spiro atoms. The monoisotopic (exact) mass is 455 g/mol. The standard InChI is InChI=1S/C24H30ClN5O2/c1-14(2)12-18(26)21-19(28-16-6-7-17(25)15(3)13-16)8-9-20(29-21)22(31)30-11-10-27-23(32)24(30,4)5/h6-9,13-14,26,28H,10-12H2,1-5H3,(H,27,32). The van der Waals surface area contributed by atoms with E-state index in [1.165, 1.54) is 0 Å². The van der Waals surface area contributed by atoms with Crippen molar-refractivity contribution in [1.29, 1.82) is 5.41 Å². The minimum absolute atomic E-state index is 0.193. The Labute approximate surface area is 194 Å². The molecule has 0 saturated carbocycles. The van der Waals surface area contributed by atoms with E-state index in [1.807, 2.05) is 39.0 Å². The number of carbonyl (C=O) groups is 2. The Morgan fingerprint density at radius 2 is 2.03 bits per heavy atom. The number of rotatable bonds is 6. The Kier molecular flexibility index (Phi) is 6.88. The van der Waals surface area contributed by atoms with Crippen LogP contribution >= 0.6 is 11.6 Å². The first kappa shape index (κ1) is 23.7. The second-order valence-corrected chi connectivity index (χ2v) is 9.44.